The maximum Gasteiger partial charge on any atom is 0.126 e. The molecule has 19 heavy (non-hydrogen) atoms. The maximum atomic E-state index is 6.04. The van der Waals surface area contributed by atoms with Gasteiger partial charge in [0.25, 0.3) is 0 Å². The molecule has 0 saturated heterocycles. The summed E-state index contributed by atoms with van der Waals surface area (Å²) in [6, 6.07) is 8.45. The maximum absolute atomic E-state index is 6.04. The molecular formula is C14H18ClNOS2. The van der Waals surface area contributed by atoms with Crippen LogP contribution in [-0.2, 0) is 0 Å². The lowest BCUT2D eigenvalue weighted by Gasteiger charge is -2.20. The van der Waals surface area contributed by atoms with E-state index in [4.69, 9.17) is 16.0 Å². The molecule has 0 bridgehead atoms. The third-order valence-electron chi connectivity index (χ3n) is 2.91. The van der Waals surface area contributed by atoms with Gasteiger partial charge in [0.2, 0.25) is 0 Å². The minimum atomic E-state index is 0.0874. The molecule has 104 valence electrons. The number of furan rings is 1. The summed E-state index contributed by atoms with van der Waals surface area (Å²) in [7, 11) is 0. The van der Waals surface area contributed by atoms with E-state index in [1.54, 1.807) is 17.6 Å². The first-order valence-corrected chi connectivity index (χ1v) is 8.83. The second-order valence-electron chi connectivity index (χ2n) is 4.44. The number of nitrogens with one attached hydrogen (secondary N) is 1. The van der Waals surface area contributed by atoms with Gasteiger partial charge < -0.3 is 9.73 Å². The zero-order valence-electron chi connectivity index (χ0n) is 11.1. The van der Waals surface area contributed by atoms with Gasteiger partial charge in [-0.15, -0.1) is 11.3 Å². The van der Waals surface area contributed by atoms with Crippen molar-refractivity contribution in [2.24, 2.45) is 0 Å². The predicted octanol–water partition coefficient (Wildman–Crippen LogP) is 4.82. The molecule has 2 rings (SSSR count). The lowest BCUT2D eigenvalue weighted by molar-refractivity contribution is 0.414. The second kappa shape index (κ2) is 7.39. The van der Waals surface area contributed by atoms with Crippen molar-refractivity contribution < 1.29 is 4.42 Å². The Kier molecular flexibility index (Phi) is 5.82. The van der Waals surface area contributed by atoms with Gasteiger partial charge >= 0.3 is 0 Å². The van der Waals surface area contributed by atoms with Crippen LogP contribution in [0.2, 0.25) is 4.34 Å². The summed E-state index contributed by atoms with van der Waals surface area (Å²) in [6.07, 6.45) is 4.99. The smallest absolute Gasteiger partial charge is 0.126 e. The highest BCUT2D eigenvalue weighted by Gasteiger charge is 2.20. The summed E-state index contributed by atoms with van der Waals surface area (Å²) in [5.41, 5.74) is 0. The first-order chi connectivity index (χ1) is 9.20. The van der Waals surface area contributed by atoms with Crippen LogP contribution in [0.3, 0.4) is 0 Å². The molecule has 2 atom stereocenters. The van der Waals surface area contributed by atoms with E-state index in [0.29, 0.717) is 6.04 Å². The topological polar surface area (TPSA) is 25.2 Å². The van der Waals surface area contributed by atoms with Crippen molar-refractivity contribution in [2.75, 3.05) is 12.0 Å². The van der Waals surface area contributed by atoms with E-state index >= 15 is 0 Å². The average Bonchev–Trinajstić information content (AvgIpc) is 3.04. The minimum Gasteiger partial charge on any atom is -0.467 e. The van der Waals surface area contributed by atoms with Gasteiger partial charge in [0.15, 0.2) is 0 Å². The van der Waals surface area contributed by atoms with Crippen LogP contribution in [0, 0.1) is 0 Å². The molecular weight excluding hydrogens is 298 g/mol. The second-order valence-corrected chi connectivity index (χ2v) is 7.17. The average molecular weight is 316 g/mol. The fourth-order valence-electron chi connectivity index (χ4n) is 1.91. The van der Waals surface area contributed by atoms with Crippen LogP contribution < -0.4 is 5.32 Å². The summed E-state index contributed by atoms with van der Waals surface area (Å²) in [5, 5.41) is 3.63. The van der Waals surface area contributed by atoms with Gasteiger partial charge in [0.05, 0.1) is 10.6 Å². The molecule has 0 spiro atoms. The van der Waals surface area contributed by atoms with Crippen LogP contribution in [-0.4, -0.2) is 18.1 Å². The first-order valence-electron chi connectivity index (χ1n) is 6.24. The van der Waals surface area contributed by atoms with Crippen molar-refractivity contribution in [3.8, 4) is 0 Å². The number of thioether (sulfide) groups is 1. The van der Waals surface area contributed by atoms with E-state index in [0.717, 1.165) is 22.3 Å². The van der Waals surface area contributed by atoms with Crippen LogP contribution >= 0.6 is 34.7 Å². The quantitative estimate of drug-likeness (QED) is 0.793. The van der Waals surface area contributed by atoms with Crippen molar-refractivity contribution >= 4 is 34.7 Å². The zero-order valence-corrected chi connectivity index (χ0v) is 13.4. The van der Waals surface area contributed by atoms with E-state index in [2.05, 4.69) is 24.6 Å². The summed E-state index contributed by atoms with van der Waals surface area (Å²) >= 11 is 9.51. The van der Waals surface area contributed by atoms with Crippen molar-refractivity contribution in [3.63, 3.8) is 0 Å². The third kappa shape index (κ3) is 4.28. The van der Waals surface area contributed by atoms with Gasteiger partial charge in [-0.25, -0.2) is 0 Å². The highest BCUT2D eigenvalue weighted by Crippen LogP contribution is 2.31. The van der Waals surface area contributed by atoms with Gasteiger partial charge in [0.1, 0.15) is 11.8 Å². The van der Waals surface area contributed by atoms with E-state index in [-0.39, 0.29) is 6.04 Å². The number of hydrogen-bond acceptors (Lipinski definition) is 4. The Bertz CT molecular complexity index is 483. The van der Waals surface area contributed by atoms with Gasteiger partial charge in [-0.1, -0.05) is 11.6 Å². The molecule has 0 aliphatic carbocycles. The summed E-state index contributed by atoms with van der Waals surface area (Å²) in [5.74, 6) is 2.10. The van der Waals surface area contributed by atoms with E-state index < -0.39 is 0 Å². The monoisotopic (exact) mass is 315 g/mol. The van der Waals surface area contributed by atoms with Crippen LogP contribution in [0.1, 0.15) is 30.0 Å². The molecule has 2 aromatic heterocycles. The molecule has 5 heteroatoms. The molecule has 1 N–H and O–H groups in total. The summed E-state index contributed by atoms with van der Waals surface area (Å²) in [4.78, 5) is 1.19. The normalized spacial score (nSPS) is 14.5. The van der Waals surface area contributed by atoms with Crippen molar-refractivity contribution in [1.82, 2.24) is 5.32 Å². The Hall–Kier alpha value is -0.420. The van der Waals surface area contributed by atoms with Crippen molar-refractivity contribution in [2.45, 2.75) is 25.4 Å². The molecule has 2 nitrogen and oxygen atoms in total. The zero-order chi connectivity index (χ0) is 13.7. The fourth-order valence-corrected chi connectivity index (χ4v) is 3.62. The predicted molar refractivity (Wildman–Crippen MR) is 85.5 cm³/mol. The van der Waals surface area contributed by atoms with Gasteiger partial charge in [-0.05, 0) is 49.6 Å². The Morgan fingerprint density at radius 3 is 2.84 bits per heavy atom. The minimum absolute atomic E-state index is 0.0874. The number of hydrogen-bond donors (Lipinski definition) is 1. The molecule has 2 unspecified atom stereocenters. The molecule has 0 radical (unpaired) electrons. The number of thiophene rings is 1. The number of halogens is 1. The van der Waals surface area contributed by atoms with Crippen LogP contribution in [0.25, 0.3) is 0 Å². The molecule has 0 fully saturated rings. The molecule has 0 amide bonds. The lowest BCUT2D eigenvalue weighted by Crippen LogP contribution is -2.31. The molecule has 2 aromatic rings. The lowest BCUT2D eigenvalue weighted by atomic mass is 10.1. The Labute approximate surface area is 127 Å². The van der Waals surface area contributed by atoms with Crippen LogP contribution in [0.15, 0.2) is 34.9 Å². The van der Waals surface area contributed by atoms with Crippen molar-refractivity contribution in [3.05, 3.63) is 45.5 Å². The molecule has 0 aromatic carbocycles. The highest BCUT2D eigenvalue weighted by atomic mass is 35.5. The fraction of sp³-hybridized carbons (Fsp3) is 0.429. The third-order valence-corrected chi connectivity index (χ3v) is 4.85. The highest BCUT2D eigenvalue weighted by molar-refractivity contribution is 7.98. The summed E-state index contributed by atoms with van der Waals surface area (Å²) < 4.78 is 6.37. The van der Waals surface area contributed by atoms with Gasteiger partial charge in [0, 0.05) is 10.9 Å². The molecule has 2 heterocycles. The Morgan fingerprint density at radius 2 is 2.26 bits per heavy atom. The molecule has 0 aliphatic rings. The van der Waals surface area contributed by atoms with Crippen LogP contribution in [0.5, 0.6) is 0 Å². The van der Waals surface area contributed by atoms with E-state index in [9.17, 15) is 0 Å². The van der Waals surface area contributed by atoms with Gasteiger partial charge in [-0.2, -0.15) is 11.8 Å². The Morgan fingerprint density at radius 1 is 1.42 bits per heavy atom. The van der Waals surface area contributed by atoms with E-state index in [1.807, 2.05) is 30.0 Å². The molecule has 0 aliphatic heterocycles. The van der Waals surface area contributed by atoms with Crippen molar-refractivity contribution in [1.29, 1.82) is 0 Å². The summed E-state index contributed by atoms with van der Waals surface area (Å²) in [6.45, 7) is 2.21. The van der Waals surface area contributed by atoms with E-state index in [1.165, 1.54) is 4.88 Å². The standard InChI is InChI=1S/C14H18ClNOS2/c1-10(7-9-18-2)16-14(11-4-3-8-17-11)12-5-6-13(15)19-12/h3-6,8,10,14,16H,7,9H2,1-2H3. The molecule has 0 saturated carbocycles. The van der Waals surface area contributed by atoms with Crippen LogP contribution in [0.4, 0.5) is 0 Å². The largest absolute Gasteiger partial charge is 0.467 e. The first kappa shape index (κ1) is 15.0. The van der Waals surface area contributed by atoms with Gasteiger partial charge in [-0.3, -0.25) is 0 Å². The Balaban J connectivity index is 2.11. The SMILES string of the molecule is CSCCC(C)NC(c1ccco1)c1ccc(Cl)s1. The number of rotatable bonds is 7.